The lowest BCUT2D eigenvalue weighted by Crippen LogP contribution is -2.16. The van der Waals surface area contributed by atoms with Crippen molar-refractivity contribution < 1.29 is 8.78 Å². The summed E-state index contributed by atoms with van der Waals surface area (Å²) in [6.45, 7) is 5.94. The highest BCUT2D eigenvalue weighted by atomic mass is 19.1. The van der Waals surface area contributed by atoms with Gasteiger partial charge in [-0.3, -0.25) is 0 Å². The monoisotopic (exact) mass is 383 g/mol. The van der Waals surface area contributed by atoms with Crippen LogP contribution in [0.4, 0.5) is 26.1 Å². The van der Waals surface area contributed by atoms with E-state index in [2.05, 4.69) is 21.9 Å². The van der Waals surface area contributed by atoms with Gasteiger partial charge in [-0.25, -0.2) is 18.7 Å². The molecule has 1 aliphatic rings. The number of nitrogens with one attached hydrogen (secondary N) is 1. The van der Waals surface area contributed by atoms with E-state index in [4.69, 9.17) is 0 Å². The first-order valence-corrected chi connectivity index (χ1v) is 9.33. The Balaban J connectivity index is 1.79. The van der Waals surface area contributed by atoms with E-state index in [0.29, 0.717) is 41.4 Å². The fourth-order valence-corrected chi connectivity index (χ4v) is 3.48. The molecular formula is C21H23F2N5. The lowest BCUT2D eigenvalue weighted by molar-refractivity contribution is 0.459. The van der Waals surface area contributed by atoms with Crippen LogP contribution in [0.25, 0.3) is 11.0 Å². The Morgan fingerprint density at radius 2 is 2.18 bits per heavy atom. The molecule has 5 nitrogen and oxygen atoms in total. The van der Waals surface area contributed by atoms with E-state index in [9.17, 15) is 8.78 Å². The van der Waals surface area contributed by atoms with Gasteiger partial charge in [0, 0.05) is 31.8 Å². The minimum atomic E-state index is -0.851. The van der Waals surface area contributed by atoms with E-state index >= 15 is 0 Å². The molecule has 0 spiro atoms. The minimum absolute atomic E-state index is 0.194. The van der Waals surface area contributed by atoms with Gasteiger partial charge in [0.15, 0.2) is 5.82 Å². The van der Waals surface area contributed by atoms with E-state index in [0.717, 1.165) is 11.1 Å². The van der Waals surface area contributed by atoms with Crippen LogP contribution >= 0.6 is 0 Å². The van der Waals surface area contributed by atoms with Crippen molar-refractivity contribution in [1.29, 1.82) is 0 Å². The van der Waals surface area contributed by atoms with E-state index in [1.165, 1.54) is 6.07 Å². The Labute approximate surface area is 162 Å². The number of nitrogens with zero attached hydrogens (tertiary/aromatic N) is 4. The van der Waals surface area contributed by atoms with Crippen LogP contribution in [0.1, 0.15) is 18.9 Å². The molecule has 4 rings (SSSR count). The number of halogens is 2. The molecule has 0 unspecified atom stereocenters. The number of benzene rings is 1. The number of pyridine rings is 1. The highest BCUT2D eigenvalue weighted by Crippen LogP contribution is 2.40. The molecule has 28 heavy (non-hydrogen) atoms. The van der Waals surface area contributed by atoms with Gasteiger partial charge >= 0.3 is 0 Å². The molecule has 0 aliphatic heterocycles. The molecule has 7 heteroatoms. The number of fused-ring (bicyclic) bond motifs is 1. The normalized spacial score (nSPS) is 18.3. The van der Waals surface area contributed by atoms with Crippen LogP contribution in [0, 0.1) is 11.7 Å². The molecule has 2 aromatic heterocycles. The fourth-order valence-electron chi connectivity index (χ4n) is 3.48. The van der Waals surface area contributed by atoms with Crippen LogP contribution in [0.2, 0.25) is 0 Å². The second-order valence-electron chi connectivity index (χ2n) is 7.22. The Hall–Kier alpha value is -2.96. The molecule has 1 saturated carbocycles. The number of anilines is 3. The first kappa shape index (κ1) is 18.4. The standard InChI is InChI=1S/C21H23F2N5/c1-5-13-7-6-8-15(22)20(13)28(4)18-10-17-19(24-11-27(17)3)21(26-18)25-12(2)14-9-16(14)23/h6-8,10-11,14,16H,2,5,9H2,1,3-4H3,(H,25,26)/t14-,16-/m1/s1. The van der Waals surface area contributed by atoms with Crippen LogP contribution < -0.4 is 10.2 Å². The van der Waals surface area contributed by atoms with Gasteiger partial charge in [0.05, 0.1) is 17.5 Å². The van der Waals surface area contributed by atoms with E-state index in [1.54, 1.807) is 24.3 Å². The third-order valence-electron chi connectivity index (χ3n) is 5.27. The number of imidazole rings is 1. The number of hydrogen-bond acceptors (Lipinski definition) is 4. The zero-order chi connectivity index (χ0) is 20.0. The number of allylic oxidation sites excluding steroid dienone is 1. The van der Waals surface area contributed by atoms with Crippen molar-refractivity contribution in [2.45, 2.75) is 25.9 Å². The van der Waals surface area contributed by atoms with Crippen LogP contribution in [0.5, 0.6) is 0 Å². The fraction of sp³-hybridized carbons (Fsp3) is 0.333. The van der Waals surface area contributed by atoms with E-state index in [1.807, 2.05) is 30.7 Å². The highest BCUT2D eigenvalue weighted by molar-refractivity contribution is 5.90. The van der Waals surface area contributed by atoms with Crippen molar-refractivity contribution >= 4 is 28.4 Å². The summed E-state index contributed by atoms with van der Waals surface area (Å²) < 4.78 is 29.9. The number of aryl methyl sites for hydroxylation is 2. The van der Waals surface area contributed by atoms with Gasteiger partial charge in [0.25, 0.3) is 0 Å². The summed E-state index contributed by atoms with van der Waals surface area (Å²) in [6.07, 6.45) is 2.02. The molecule has 0 radical (unpaired) electrons. The number of hydrogen-bond donors (Lipinski definition) is 1. The number of para-hydroxylation sites is 1. The van der Waals surface area contributed by atoms with Gasteiger partial charge < -0.3 is 14.8 Å². The van der Waals surface area contributed by atoms with Crippen molar-refractivity contribution in [2.24, 2.45) is 13.0 Å². The molecule has 3 aromatic rings. The second kappa shape index (κ2) is 6.89. The summed E-state index contributed by atoms with van der Waals surface area (Å²) in [7, 11) is 3.68. The molecule has 1 aliphatic carbocycles. The molecule has 2 atom stereocenters. The molecule has 0 bridgehead atoms. The number of rotatable bonds is 6. The topological polar surface area (TPSA) is 46.0 Å². The van der Waals surface area contributed by atoms with Gasteiger partial charge in [-0.15, -0.1) is 0 Å². The summed E-state index contributed by atoms with van der Waals surface area (Å²) in [5.41, 5.74) is 3.49. The zero-order valence-electron chi connectivity index (χ0n) is 16.2. The van der Waals surface area contributed by atoms with Crippen LogP contribution in [-0.2, 0) is 13.5 Å². The maximum absolute atomic E-state index is 14.6. The number of aromatic nitrogens is 3. The second-order valence-corrected chi connectivity index (χ2v) is 7.22. The molecule has 2 heterocycles. The van der Waals surface area contributed by atoms with Crippen molar-refractivity contribution in [3.63, 3.8) is 0 Å². The Kier molecular flexibility index (Phi) is 4.53. The first-order chi connectivity index (χ1) is 13.4. The molecular weight excluding hydrogens is 360 g/mol. The molecule has 146 valence electrons. The van der Waals surface area contributed by atoms with Crippen LogP contribution in [0.3, 0.4) is 0 Å². The number of alkyl halides is 1. The van der Waals surface area contributed by atoms with Gasteiger partial charge in [-0.1, -0.05) is 25.6 Å². The molecule has 1 N–H and O–H groups in total. The summed E-state index contributed by atoms with van der Waals surface area (Å²) in [5, 5.41) is 3.14. The van der Waals surface area contributed by atoms with Crippen molar-refractivity contribution in [2.75, 3.05) is 17.3 Å². The van der Waals surface area contributed by atoms with E-state index < -0.39 is 6.17 Å². The summed E-state index contributed by atoms with van der Waals surface area (Å²) in [6, 6.07) is 6.94. The highest BCUT2D eigenvalue weighted by Gasteiger charge is 2.40. The Morgan fingerprint density at radius 3 is 2.86 bits per heavy atom. The van der Waals surface area contributed by atoms with Gasteiger partial charge in [0.1, 0.15) is 23.3 Å². The largest absolute Gasteiger partial charge is 0.342 e. The molecule has 0 amide bonds. The Morgan fingerprint density at radius 1 is 1.43 bits per heavy atom. The first-order valence-electron chi connectivity index (χ1n) is 9.33. The maximum atomic E-state index is 14.6. The van der Waals surface area contributed by atoms with Gasteiger partial charge in [-0.05, 0) is 24.5 Å². The summed E-state index contributed by atoms with van der Waals surface area (Å²) >= 11 is 0. The maximum Gasteiger partial charge on any atom is 0.160 e. The lowest BCUT2D eigenvalue weighted by Gasteiger charge is -2.23. The van der Waals surface area contributed by atoms with Crippen LogP contribution in [0.15, 0.2) is 42.9 Å². The quantitative estimate of drug-likeness (QED) is 0.669. The molecule has 1 fully saturated rings. The van der Waals surface area contributed by atoms with Crippen molar-refractivity contribution in [3.05, 3.63) is 54.2 Å². The third-order valence-corrected chi connectivity index (χ3v) is 5.27. The van der Waals surface area contributed by atoms with Gasteiger partial charge in [-0.2, -0.15) is 0 Å². The summed E-state index contributed by atoms with van der Waals surface area (Å²) in [4.78, 5) is 10.8. The predicted molar refractivity (Wildman–Crippen MR) is 108 cm³/mol. The SMILES string of the molecule is C=C(Nc1nc(N(C)c2c(F)cccc2CC)cc2c1ncn2C)[C@H]1C[C@H]1F. The minimum Gasteiger partial charge on any atom is -0.342 e. The van der Waals surface area contributed by atoms with Crippen molar-refractivity contribution in [1.82, 2.24) is 14.5 Å². The average molecular weight is 383 g/mol. The third kappa shape index (κ3) is 3.10. The lowest BCUT2D eigenvalue weighted by atomic mass is 10.1. The zero-order valence-corrected chi connectivity index (χ0v) is 16.2. The van der Waals surface area contributed by atoms with Crippen molar-refractivity contribution in [3.8, 4) is 0 Å². The Bertz CT molecular complexity index is 1060. The molecule has 1 aromatic carbocycles. The average Bonchev–Trinajstić information content (AvgIpc) is 3.30. The van der Waals surface area contributed by atoms with E-state index in [-0.39, 0.29) is 11.7 Å². The predicted octanol–water partition coefficient (Wildman–Crippen LogP) is 4.72. The smallest absolute Gasteiger partial charge is 0.160 e. The van der Waals surface area contributed by atoms with Gasteiger partial charge in [0.2, 0.25) is 0 Å². The molecule has 0 saturated heterocycles. The van der Waals surface area contributed by atoms with Crippen LogP contribution in [-0.4, -0.2) is 27.8 Å². The summed E-state index contributed by atoms with van der Waals surface area (Å²) in [5.74, 6) is 0.573.